The first-order valence-corrected chi connectivity index (χ1v) is 9.81. The maximum atomic E-state index is 8.77. The van der Waals surface area contributed by atoms with Crippen LogP contribution in [0.5, 0.6) is 0 Å². The summed E-state index contributed by atoms with van der Waals surface area (Å²) in [5, 5.41) is 8.77. The van der Waals surface area contributed by atoms with Crippen LogP contribution in [0.1, 0.15) is 26.7 Å². The summed E-state index contributed by atoms with van der Waals surface area (Å²) in [5.74, 6) is 0. The Morgan fingerprint density at radius 1 is 1.36 bits per heavy atom. The number of rotatable bonds is 4. The number of aliphatic hydroxyl groups is 1. The quantitative estimate of drug-likeness (QED) is 0.623. The summed E-state index contributed by atoms with van der Waals surface area (Å²) < 4.78 is 4.90. The Hall–Kier alpha value is 0.719. The molecule has 0 saturated heterocycles. The van der Waals surface area contributed by atoms with Crippen LogP contribution in [0.4, 0.5) is 0 Å². The third-order valence-corrected chi connectivity index (χ3v) is 0.864. The molecule has 0 aromatic heterocycles. The Kier molecular flexibility index (Phi) is 17.3. The number of aliphatic hydroxyl groups excluding tert-OH is 1. The molecule has 0 aliphatic carbocycles. The van der Waals surface area contributed by atoms with Gasteiger partial charge < -0.3 is 9.84 Å². The zero-order chi connectivity index (χ0) is 9.11. The van der Waals surface area contributed by atoms with E-state index in [1.165, 1.54) is 0 Å². The normalized spacial score (nSPS) is 11.7. The van der Waals surface area contributed by atoms with Crippen LogP contribution in [-0.2, 0) is 4.74 Å². The first kappa shape index (κ1) is 14.3. The Balaban J connectivity index is 0. The second-order valence-electron chi connectivity index (χ2n) is 2.23. The minimum atomic E-state index is -0.546. The zero-order valence-electron chi connectivity index (χ0n) is 8.05. The van der Waals surface area contributed by atoms with Crippen LogP contribution in [-0.4, -0.2) is 39.1 Å². The van der Waals surface area contributed by atoms with Gasteiger partial charge in [0.2, 0.25) is 0 Å². The van der Waals surface area contributed by atoms with E-state index in [-0.39, 0.29) is 21.1 Å². The van der Waals surface area contributed by atoms with Crippen molar-refractivity contribution in [2.75, 3.05) is 6.61 Å². The van der Waals surface area contributed by atoms with Gasteiger partial charge in [0.15, 0.2) is 6.29 Å². The van der Waals surface area contributed by atoms with Gasteiger partial charge in [0.25, 0.3) is 0 Å². The molecule has 0 rings (SSSR count). The summed E-state index contributed by atoms with van der Waals surface area (Å²) >= 11 is 0.230. The minimum absolute atomic E-state index is 0.230. The van der Waals surface area contributed by atoms with Crippen molar-refractivity contribution in [1.29, 1.82) is 0 Å². The standard InChI is InChI=1S/C6H14O2.2CH3.Sn/c1-3-5-8-6(7)4-2;;;/h6-7H,3-5H2,1-2H3;2*1H3;. The van der Waals surface area contributed by atoms with Gasteiger partial charge >= 0.3 is 31.0 Å². The van der Waals surface area contributed by atoms with Crippen molar-refractivity contribution in [3.05, 3.63) is 0 Å². The Labute approximate surface area is 80.6 Å². The molecule has 11 heavy (non-hydrogen) atoms. The van der Waals surface area contributed by atoms with Gasteiger partial charge in [0.05, 0.1) is 0 Å². The third-order valence-electron chi connectivity index (χ3n) is 0.864. The molecule has 0 aliphatic rings. The van der Waals surface area contributed by atoms with Crippen molar-refractivity contribution >= 4 is 21.1 Å². The fraction of sp³-hybridized carbons (Fsp3) is 1.00. The number of ether oxygens (including phenoxy) is 1. The average Bonchev–Trinajstić information content (AvgIpc) is 2.02. The fourth-order valence-corrected chi connectivity index (χ4v) is 0.372. The van der Waals surface area contributed by atoms with Gasteiger partial charge in [-0.2, -0.15) is 0 Å². The monoisotopic (exact) mass is 268 g/mol. The maximum absolute atomic E-state index is 8.77. The van der Waals surface area contributed by atoms with E-state index in [1.807, 2.05) is 13.8 Å². The SMILES string of the molecule is CCCOC(O)CC.[CH3][Sn][CH3]. The van der Waals surface area contributed by atoms with Crippen molar-refractivity contribution in [1.82, 2.24) is 0 Å². The summed E-state index contributed by atoms with van der Waals surface area (Å²) in [6.07, 6.45) is 1.10. The molecule has 1 atom stereocenters. The van der Waals surface area contributed by atoms with Crippen LogP contribution < -0.4 is 0 Å². The zero-order valence-corrected chi connectivity index (χ0v) is 10.9. The van der Waals surface area contributed by atoms with Crippen LogP contribution in [0, 0.1) is 0 Å². The topological polar surface area (TPSA) is 29.5 Å². The van der Waals surface area contributed by atoms with E-state index >= 15 is 0 Å². The van der Waals surface area contributed by atoms with Crippen LogP contribution in [0.3, 0.4) is 0 Å². The summed E-state index contributed by atoms with van der Waals surface area (Å²) in [6, 6.07) is 0. The first-order chi connectivity index (χ1) is 5.22. The fourth-order valence-electron chi connectivity index (χ4n) is 0.372. The first-order valence-electron chi connectivity index (χ1n) is 4.11. The van der Waals surface area contributed by atoms with Crippen LogP contribution in [0.25, 0.3) is 0 Å². The molecule has 1 N–H and O–H groups in total. The Morgan fingerprint density at radius 2 is 1.82 bits per heavy atom. The van der Waals surface area contributed by atoms with E-state index in [1.54, 1.807) is 0 Å². The molecule has 0 saturated carbocycles. The van der Waals surface area contributed by atoms with E-state index in [9.17, 15) is 0 Å². The molecule has 0 aromatic carbocycles. The molecule has 0 fully saturated rings. The van der Waals surface area contributed by atoms with Gasteiger partial charge in [-0.15, -0.1) is 0 Å². The Bertz CT molecular complexity index is 60.1. The van der Waals surface area contributed by atoms with E-state index in [0.717, 1.165) is 6.42 Å². The molecule has 2 radical (unpaired) electrons. The van der Waals surface area contributed by atoms with Gasteiger partial charge in [-0.1, -0.05) is 13.8 Å². The molecule has 0 bridgehead atoms. The number of hydrogen-bond donors (Lipinski definition) is 1. The van der Waals surface area contributed by atoms with E-state index in [4.69, 9.17) is 9.84 Å². The van der Waals surface area contributed by atoms with E-state index in [0.29, 0.717) is 13.0 Å². The molecular formula is C8H20O2Sn. The molecule has 0 heterocycles. The van der Waals surface area contributed by atoms with Gasteiger partial charge in [0.1, 0.15) is 0 Å². The van der Waals surface area contributed by atoms with Crippen molar-refractivity contribution in [2.45, 2.75) is 42.9 Å². The predicted octanol–water partition coefficient (Wildman–Crippen LogP) is 1.93. The van der Waals surface area contributed by atoms with Gasteiger partial charge in [0, 0.05) is 6.61 Å². The molecule has 0 amide bonds. The van der Waals surface area contributed by atoms with Crippen molar-refractivity contribution in [3.8, 4) is 0 Å². The summed E-state index contributed by atoms with van der Waals surface area (Å²) in [4.78, 5) is 4.59. The molecule has 1 unspecified atom stereocenters. The van der Waals surface area contributed by atoms with Gasteiger partial charge in [-0.05, 0) is 12.8 Å². The molecular weight excluding hydrogens is 247 g/mol. The van der Waals surface area contributed by atoms with Crippen LogP contribution in [0.15, 0.2) is 0 Å². The molecule has 0 spiro atoms. The molecule has 3 heteroatoms. The van der Waals surface area contributed by atoms with Crippen LogP contribution >= 0.6 is 0 Å². The Morgan fingerprint density at radius 3 is 2.09 bits per heavy atom. The molecule has 0 aliphatic heterocycles. The van der Waals surface area contributed by atoms with Crippen molar-refractivity contribution < 1.29 is 9.84 Å². The number of hydrogen-bond acceptors (Lipinski definition) is 2. The van der Waals surface area contributed by atoms with Gasteiger partial charge in [-0.25, -0.2) is 0 Å². The second-order valence-corrected chi connectivity index (χ2v) is 5.09. The predicted molar refractivity (Wildman–Crippen MR) is 50.0 cm³/mol. The average molecular weight is 267 g/mol. The molecule has 0 aromatic rings. The molecule has 2 nitrogen and oxygen atoms in total. The summed E-state index contributed by atoms with van der Waals surface area (Å²) in [5.41, 5.74) is 0. The van der Waals surface area contributed by atoms with Crippen LogP contribution in [0.2, 0.25) is 9.88 Å². The summed E-state index contributed by atoms with van der Waals surface area (Å²) in [7, 11) is 0. The summed E-state index contributed by atoms with van der Waals surface area (Å²) in [6.45, 7) is 4.57. The van der Waals surface area contributed by atoms with E-state index in [2.05, 4.69) is 9.88 Å². The van der Waals surface area contributed by atoms with Gasteiger partial charge in [-0.3, -0.25) is 0 Å². The third kappa shape index (κ3) is 18.0. The molecule has 68 valence electrons. The van der Waals surface area contributed by atoms with Crippen molar-refractivity contribution in [3.63, 3.8) is 0 Å². The van der Waals surface area contributed by atoms with E-state index < -0.39 is 6.29 Å². The van der Waals surface area contributed by atoms with Crippen molar-refractivity contribution in [2.24, 2.45) is 0 Å². The second kappa shape index (κ2) is 13.3.